The van der Waals surface area contributed by atoms with Gasteiger partial charge in [0.1, 0.15) is 0 Å². The minimum absolute atomic E-state index is 0.0199. The Morgan fingerprint density at radius 3 is 2.60 bits per heavy atom. The van der Waals surface area contributed by atoms with Crippen molar-refractivity contribution in [3.8, 4) is 0 Å². The van der Waals surface area contributed by atoms with Gasteiger partial charge < -0.3 is 9.84 Å². The first-order chi connectivity index (χ1) is 9.32. The fourth-order valence-corrected chi connectivity index (χ4v) is 3.68. The highest BCUT2D eigenvalue weighted by atomic mass is 32.2. The predicted molar refractivity (Wildman–Crippen MR) is 76.1 cm³/mol. The lowest BCUT2D eigenvalue weighted by atomic mass is 9.95. The highest BCUT2D eigenvalue weighted by Crippen LogP contribution is 2.21. The molecule has 0 aromatic heterocycles. The molecule has 1 fully saturated rings. The van der Waals surface area contributed by atoms with Crippen LogP contribution in [0.1, 0.15) is 24.0 Å². The number of hydrogen-bond donors (Lipinski definition) is 2. The standard InChI is InChI=1S/C14H21NO4S/c1-11-3-4-12(2)13(9-11)20(17,18)15-10-14(16)5-7-19-8-6-14/h3-4,9,15-16H,5-8,10H2,1-2H3. The third kappa shape index (κ3) is 3.58. The molecule has 0 saturated carbocycles. The van der Waals surface area contributed by atoms with Gasteiger partial charge in [0.2, 0.25) is 10.0 Å². The summed E-state index contributed by atoms with van der Waals surface area (Å²) in [7, 11) is -3.60. The van der Waals surface area contributed by atoms with Crippen LogP contribution in [-0.4, -0.2) is 38.9 Å². The van der Waals surface area contributed by atoms with Crippen LogP contribution in [0.3, 0.4) is 0 Å². The number of nitrogens with one attached hydrogen (secondary N) is 1. The molecule has 1 aliphatic rings. The molecule has 0 aliphatic carbocycles. The molecule has 2 N–H and O–H groups in total. The average molecular weight is 299 g/mol. The van der Waals surface area contributed by atoms with Gasteiger partial charge in [0.05, 0.1) is 10.5 Å². The Bertz CT molecular complexity index is 577. The molecule has 1 saturated heterocycles. The van der Waals surface area contributed by atoms with Gasteiger partial charge in [-0.15, -0.1) is 0 Å². The van der Waals surface area contributed by atoms with Crippen molar-refractivity contribution in [3.05, 3.63) is 29.3 Å². The molecule has 1 heterocycles. The van der Waals surface area contributed by atoms with Crippen LogP contribution in [0.5, 0.6) is 0 Å². The van der Waals surface area contributed by atoms with Crippen LogP contribution in [0, 0.1) is 13.8 Å². The Balaban J connectivity index is 2.13. The van der Waals surface area contributed by atoms with Gasteiger partial charge in [-0.05, 0) is 31.0 Å². The van der Waals surface area contributed by atoms with E-state index in [1.807, 2.05) is 13.0 Å². The molecular weight excluding hydrogens is 278 g/mol. The minimum Gasteiger partial charge on any atom is -0.388 e. The van der Waals surface area contributed by atoms with Crippen molar-refractivity contribution in [1.29, 1.82) is 0 Å². The molecule has 1 aromatic carbocycles. The van der Waals surface area contributed by atoms with E-state index >= 15 is 0 Å². The summed E-state index contributed by atoms with van der Waals surface area (Å²) in [5.74, 6) is 0. The van der Waals surface area contributed by atoms with Gasteiger partial charge >= 0.3 is 0 Å². The Hall–Kier alpha value is -0.950. The second-order valence-corrected chi connectivity index (χ2v) is 7.17. The molecule has 112 valence electrons. The van der Waals surface area contributed by atoms with Crippen LogP contribution in [0.4, 0.5) is 0 Å². The highest BCUT2D eigenvalue weighted by Gasteiger charge is 2.31. The first kappa shape index (κ1) is 15.4. The van der Waals surface area contributed by atoms with E-state index in [1.165, 1.54) is 0 Å². The molecule has 1 aromatic rings. The number of rotatable bonds is 4. The molecule has 0 atom stereocenters. The van der Waals surface area contributed by atoms with Crippen LogP contribution in [-0.2, 0) is 14.8 Å². The fraction of sp³-hybridized carbons (Fsp3) is 0.571. The van der Waals surface area contributed by atoms with Crippen LogP contribution < -0.4 is 4.72 Å². The maximum Gasteiger partial charge on any atom is 0.240 e. The molecule has 2 rings (SSSR count). The molecule has 0 bridgehead atoms. The second-order valence-electron chi connectivity index (χ2n) is 5.43. The largest absolute Gasteiger partial charge is 0.388 e. The summed E-state index contributed by atoms with van der Waals surface area (Å²) in [5.41, 5.74) is 0.575. The summed E-state index contributed by atoms with van der Waals surface area (Å²) in [6.07, 6.45) is 0.893. The van der Waals surface area contributed by atoms with Crippen LogP contribution in [0.15, 0.2) is 23.1 Å². The van der Waals surface area contributed by atoms with E-state index < -0.39 is 15.6 Å². The van der Waals surface area contributed by atoms with Gasteiger partial charge in [0.25, 0.3) is 0 Å². The maximum absolute atomic E-state index is 12.3. The van der Waals surface area contributed by atoms with Gasteiger partial charge in [-0.1, -0.05) is 12.1 Å². The third-order valence-electron chi connectivity index (χ3n) is 3.65. The average Bonchev–Trinajstić information content (AvgIpc) is 2.40. The summed E-state index contributed by atoms with van der Waals surface area (Å²) in [6.45, 7) is 4.55. The topological polar surface area (TPSA) is 75.6 Å². The number of ether oxygens (including phenoxy) is 1. The molecule has 0 unspecified atom stereocenters. The lowest BCUT2D eigenvalue weighted by molar-refractivity contribution is -0.0588. The summed E-state index contributed by atoms with van der Waals surface area (Å²) in [6, 6.07) is 5.30. The Kier molecular flexibility index (Phi) is 4.49. The third-order valence-corrected chi connectivity index (χ3v) is 5.19. The van der Waals surface area contributed by atoms with Crippen molar-refractivity contribution in [2.45, 2.75) is 37.2 Å². The summed E-state index contributed by atoms with van der Waals surface area (Å²) < 4.78 is 32.4. The zero-order valence-corrected chi connectivity index (χ0v) is 12.7. The van der Waals surface area contributed by atoms with Crippen molar-refractivity contribution in [1.82, 2.24) is 4.72 Å². The Morgan fingerprint density at radius 1 is 1.30 bits per heavy atom. The van der Waals surface area contributed by atoms with Crippen molar-refractivity contribution in [3.63, 3.8) is 0 Å². The molecule has 20 heavy (non-hydrogen) atoms. The molecular formula is C14H21NO4S. The first-order valence-corrected chi connectivity index (χ1v) is 8.18. The van der Waals surface area contributed by atoms with E-state index in [4.69, 9.17) is 4.74 Å². The number of hydrogen-bond acceptors (Lipinski definition) is 4. The zero-order chi connectivity index (χ0) is 14.8. The van der Waals surface area contributed by atoms with E-state index in [-0.39, 0.29) is 11.4 Å². The van der Waals surface area contributed by atoms with Crippen LogP contribution in [0.25, 0.3) is 0 Å². The van der Waals surface area contributed by atoms with E-state index in [2.05, 4.69) is 4.72 Å². The quantitative estimate of drug-likeness (QED) is 0.873. The van der Waals surface area contributed by atoms with Gasteiger partial charge in [-0.2, -0.15) is 0 Å². The minimum atomic E-state index is -3.60. The molecule has 1 aliphatic heterocycles. The number of aryl methyl sites for hydroxylation is 2. The predicted octanol–water partition coefficient (Wildman–Crippen LogP) is 1.12. The van der Waals surface area contributed by atoms with Crippen LogP contribution >= 0.6 is 0 Å². The van der Waals surface area contributed by atoms with Crippen molar-refractivity contribution in [2.24, 2.45) is 0 Å². The van der Waals surface area contributed by atoms with E-state index in [9.17, 15) is 13.5 Å². The monoisotopic (exact) mass is 299 g/mol. The highest BCUT2D eigenvalue weighted by molar-refractivity contribution is 7.89. The van der Waals surface area contributed by atoms with Crippen molar-refractivity contribution >= 4 is 10.0 Å². The number of sulfonamides is 1. The Labute approximate surface area is 120 Å². The summed E-state index contributed by atoms with van der Waals surface area (Å²) in [4.78, 5) is 0.271. The van der Waals surface area contributed by atoms with Gasteiger partial charge in [0, 0.05) is 32.6 Å². The molecule has 0 spiro atoms. The first-order valence-electron chi connectivity index (χ1n) is 6.69. The van der Waals surface area contributed by atoms with Crippen LogP contribution in [0.2, 0.25) is 0 Å². The van der Waals surface area contributed by atoms with E-state index in [0.717, 1.165) is 5.56 Å². The fourth-order valence-electron chi connectivity index (χ4n) is 2.23. The number of benzene rings is 1. The van der Waals surface area contributed by atoms with Gasteiger partial charge in [-0.3, -0.25) is 0 Å². The number of aliphatic hydroxyl groups is 1. The molecule has 0 amide bonds. The van der Waals surface area contributed by atoms with E-state index in [0.29, 0.717) is 31.6 Å². The lowest BCUT2D eigenvalue weighted by Crippen LogP contribution is -2.46. The normalized spacial score (nSPS) is 18.9. The molecule has 6 heteroatoms. The van der Waals surface area contributed by atoms with Gasteiger partial charge in [0.15, 0.2) is 0 Å². The Morgan fingerprint density at radius 2 is 1.95 bits per heavy atom. The second kappa shape index (κ2) is 5.81. The van der Waals surface area contributed by atoms with Crippen molar-refractivity contribution in [2.75, 3.05) is 19.8 Å². The summed E-state index contributed by atoms with van der Waals surface area (Å²) >= 11 is 0. The summed E-state index contributed by atoms with van der Waals surface area (Å²) in [5, 5.41) is 10.3. The van der Waals surface area contributed by atoms with Gasteiger partial charge in [-0.25, -0.2) is 13.1 Å². The molecule has 0 radical (unpaired) electrons. The lowest BCUT2D eigenvalue weighted by Gasteiger charge is -2.32. The van der Waals surface area contributed by atoms with E-state index in [1.54, 1.807) is 19.1 Å². The SMILES string of the molecule is Cc1ccc(C)c(S(=O)(=O)NCC2(O)CCOCC2)c1. The molecule has 5 nitrogen and oxygen atoms in total. The van der Waals surface area contributed by atoms with Crippen molar-refractivity contribution < 1.29 is 18.3 Å². The smallest absolute Gasteiger partial charge is 0.240 e. The zero-order valence-electron chi connectivity index (χ0n) is 11.8. The maximum atomic E-state index is 12.3.